The molecular formula is C39H52N6O6S. The van der Waals surface area contributed by atoms with Gasteiger partial charge in [0.1, 0.15) is 17.4 Å². The van der Waals surface area contributed by atoms with Crippen LogP contribution in [0.4, 0.5) is 4.79 Å². The maximum atomic E-state index is 14.9. The van der Waals surface area contributed by atoms with Crippen LogP contribution >= 0.6 is 11.3 Å². The number of carbonyl (C=O) groups excluding carboxylic acids is 3. The van der Waals surface area contributed by atoms with E-state index in [1.54, 1.807) is 18.1 Å². The Morgan fingerprint density at radius 2 is 1.63 bits per heavy atom. The van der Waals surface area contributed by atoms with E-state index in [1.807, 2.05) is 114 Å². The average Bonchev–Trinajstić information content (AvgIpc) is 3.62. The Morgan fingerprint density at radius 1 is 0.942 bits per heavy atom. The van der Waals surface area contributed by atoms with Crippen molar-refractivity contribution in [3.05, 3.63) is 94.3 Å². The number of urea groups is 1. The second kappa shape index (κ2) is 18.8. The maximum absolute atomic E-state index is 14.9. The van der Waals surface area contributed by atoms with Crippen molar-refractivity contribution in [3.63, 3.8) is 0 Å². The number of carbonyl (C=O) groups is 3. The molecule has 4 aromatic rings. The normalized spacial score (nSPS) is 12.9. The van der Waals surface area contributed by atoms with E-state index in [-0.39, 0.29) is 37.6 Å². The number of ether oxygens (including phenoxy) is 3. The van der Waals surface area contributed by atoms with Crippen LogP contribution < -0.4 is 15.8 Å². The highest BCUT2D eigenvalue weighted by Crippen LogP contribution is 2.24. The number of hydrazine groups is 1. The molecule has 0 spiro atoms. The zero-order valence-electron chi connectivity index (χ0n) is 31.2. The first-order chi connectivity index (χ1) is 24.8. The summed E-state index contributed by atoms with van der Waals surface area (Å²) >= 11 is 1.48. The molecule has 12 nitrogen and oxygen atoms in total. The number of fused-ring (bicyclic) bond motifs is 1. The number of nitrogens with one attached hydrogen (secondary N) is 1. The zero-order chi connectivity index (χ0) is 37.8. The van der Waals surface area contributed by atoms with Gasteiger partial charge in [-0.2, -0.15) is 0 Å². The molecule has 3 N–H and O–H groups in total. The number of amides is 4. The molecule has 0 radical (unpaired) electrons. The molecule has 0 aliphatic carbocycles. The standard InChI is InChI=1S/C39H52N6O6S/c1-8-49-37(50-9-2)27(3)44(24-30-14-10-13-29-15-11-21-41-35(29)30)36(47)33(23-28-17-19-31(20-18-28)51-39(4,5)6)42-34(46)26-43(7)45(38(40)48)25-32-16-12-22-52-32/h10-22,27,33,37H,8-9,23-26H2,1-7H3,(H2,40,48)(H,42,46)/t27-,33-/m0/s1. The smallest absolute Gasteiger partial charge is 0.329 e. The highest BCUT2D eigenvalue weighted by molar-refractivity contribution is 7.09. The van der Waals surface area contributed by atoms with Gasteiger partial charge in [0, 0.05) is 49.7 Å². The first kappa shape index (κ1) is 40.2. The van der Waals surface area contributed by atoms with Crippen LogP contribution in [0.5, 0.6) is 5.75 Å². The molecule has 0 aliphatic heterocycles. The van der Waals surface area contributed by atoms with Gasteiger partial charge >= 0.3 is 6.03 Å². The molecule has 52 heavy (non-hydrogen) atoms. The third-order valence-electron chi connectivity index (χ3n) is 8.23. The number of thiophene rings is 1. The number of hydrogen-bond acceptors (Lipinski definition) is 9. The molecule has 13 heteroatoms. The van der Waals surface area contributed by atoms with Crippen LogP contribution in [-0.4, -0.2) is 88.5 Å². The maximum Gasteiger partial charge on any atom is 0.329 e. The molecule has 280 valence electrons. The SMILES string of the molecule is CCOC(OCC)[C@H](C)N(Cc1cccc2cccnc12)C(=O)[C@H](Cc1ccc(OC(C)(C)C)cc1)NC(=O)CN(C)N(Cc1cccs1)C(N)=O. The fourth-order valence-corrected chi connectivity index (χ4v) is 6.52. The van der Waals surface area contributed by atoms with E-state index in [0.717, 1.165) is 26.9 Å². The number of nitrogens with zero attached hydrogens (tertiary/aromatic N) is 4. The van der Waals surface area contributed by atoms with Gasteiger partial charge in [0.2, 0.25) is 11.8 Å². The fourth-order valence-electron chi connectivity index (χ4n) is 5.84. The van der Waals surface area contributed by atoms with Crippen LogP contribution in [0.3, 0.4) is 0 Å². The van der Waals surface area contributed by atoms with Gasteiger partial charge in [-0.1, -0.05) is 42.5 Å². The van der Waals surface area contributed by atoms with E-state index in [0.29, 0.717) is 19.0 Å². The summed E-state index contributed by atoms with van der Waals surface area (Å²) in [7, 11) is 1.61. The van der Waals surface area contributed by atoms with Crippen molar-refractivity contribution in [2.75, 3.05) is 26.8 Å². The number of likely N-dealkylation sites (N-methyl/N-ethyl adjacent to an activating group) is 1. The summed E-state index contributed by atoms with van der Waals surface area (Å²) in [6.07, 6.45) is 1.19. The minimum absolute atomic E-state index is 0.184. The minimum Gasteiger partial charge on any atom is -0.488 e. The Balaban J connectivity index is 1.68. The lowest BCUT2D eigenvalue weighted by Crippen LogP contribution is -2.57. The van der Waals surface area contributed by atoms with E-state index in [1.165, 1.54) is 21.4 Å². The highest BCUT2D eigenvalue weighted by atomic mass is 32.1. The average molecular weight is 733 g/mol. The number of aromatic nitrogens is 1. The molecule has 0 unspecified atom stereocenters. The van der Waals surface area contributed by atoms with Crippen molar-refractivity contribution >= 4 is 40.1 Å². The molecule has 0 saturated carbocycles. The summed E-state index contributed by atoms with van der Waals surface area (Å²) in [5.74, 6) is -0.102. The molecule has 0 saturated heterocycles. The summed E-state index contributed by atoms with van der Waals surface area (Å²) in [5, 5.41) is 8.59. The van der Waals surface area contributed by atoms with Gasteiger partial charge in [-0.15, -0.1) is 11.3 Å². The number of nitrogens with two attached hydrogens (primary N) is 1. The van der Waals surface area contributed by atoms with Crippen LogP contribution in [0.15, 0.2) is 78.3 Å². The van der Waals surface area contributed by atoms with E-state index in [4.69, 9.17) is 19.9 Å². The van der Waals surface area contributed by atoms with Crippen LogP contribution in [-0.2, 0) is 38.6 Å². The largest absolute Gasteiger partial charge is 0.488 e. The van der Waals surface area contributed by atoms with E-state index in [9.17, 15) is 14.4 Å². The Morgan fingerprint density at radius 3 is 2.25 bits per heavy atom. The molecule has 4 rings (SSSR count). The predicted octanol–water partition coefficient (Wildman–Crippen LogP) is 5.75. The lowest BCUT2D eigenvalue weighted by molar-refractivity contribution is -0.179. The van der Waals surface area contributed by atoms with Gasteiger partial charge in [0.05, 0.1) is 24.6 Å². The number of para-hydroxylation sites is 1. The monoisotopic (exact) mass is 732 g/mol. The molecule has 0 fully saturated rings. The number of pyridine rings is 1. The van der Waals surface area contributed by atoms with Gasteiger partial charge in [-0.3, -0.25) is 19.6 Å². The quantitative estimate of drug-likeness (QED) is 0.0975. The van der Waals surface area contributed by atoms with Crippen LogP contribution in [0.1, 0.15) is 57.5 Å². The number of rotatable bonds is 18. The molecule has 4 amide bonds. The lowest BCUT2D eigenvalue weighted by atomic mass is 10.0. The van der Waals surface area contributed by atoms with Crippen molar-refractivity contribution < 1.29 is 28.6 Å². The predicted molar refractivity (Wildman–Crippen MR) is 203 cm³/mol. The minimum atomic E-state index is -0.996. The zero-order valence-corrected chi connectivity index (χ0v) is 32.0. The Labute approximate surface area is 310 Å². The third kappa shape index (κ3) is 11.5. The van der Waals surface area contributed by atoms with Crippen LogP contribution in [0.25, 0.3) is 10.9 Å². The second-order valence-electron chi connectivity index (χ2n) is 13.5. The summed E-state index contributed by atoms with van der Waals surface area (Å²) in [5.41, 5.74) is 7.76. The Hall–Kier alpha value is -4.56. The van der Waals surface area contributed by atoms with Crippen molar-refractivity contribution in [1.29, 1.82) is 0 Å². The number of primary amides is 1. The van der Waals surface area contributed by atoms with Gasteiger partial charge < -0.3 is 30.2 Å². The summed E-state index contributed by atoms with van der Waals surface area (Å²) < 4.78 is 18.0. The molecule has 2 heterocycles. The fraction of sp³-hybridized carbons (Fsp3) is 0.436. The van der Waals surface area contributed by atoms with Crippen molar-refractivity contribution in [3.8, 4) is 5.75 Å². The summed E-state index contributed by atoms with van der Waals surface area (Å²) in [6, 6.07) is 18.7. The van der Waals surface area contributed by atoms with Crippen molar-refractivity contribution in [1.82, 2.24) is 25.2 Å². The second-order valence-corrected chi connectivity index (χ2v) is 14.5. The van der Waals surface area contributed by atoms with Crippen LogP contribution in [0, 0.1) is 0 Å². The topological polar surface area (TPSA) is 140 Å². The third-order valence-corrected chi connectivity index (χ3v) is 9.09. The van der Waals surface area contributed by atoms with Gasteiger partial charge in [-0.25, -0.2) is 9.80 Å². The summed E-state index contributed by atoms with van der Waals surface area (Å²) in [4.78, 5) is 48.4. The number of benzene rings is 2. The van der Waals surface area contributed by atoms with Gasteiger partial charge in [0.15, 0.2) is 6.29 Å². The first-order valence-electron chi connectivity index (χ1n) is 17.5. The van der Waals surface area contributed by atoms with E-state index >= 15 is 0 Å². The van der Waals surface area contributed by atoms with E-state index in [2.05, 4.69) is 10.3 Å². The molecule has 2 aromatic heterocycles. The number of hydrogen-bond donors (Lipinski definition) is 2. The van der Waals surface area contributed by atoms with Crippen LogP contribution in [0.2, 0.25) is 0 Å². The molecule has 0 aliphatic rings. The Bertz CT molecular complexity index is 1740. The molecule has 0 bridgehead atoms. The highest BCUT2D eigenvalue weighted by Gasteiger charge is 2.34. The first-order valence-corrected chi connectivity index (χ1v) is 18.4. The molecule has 2 atom stereocenters. The molecular weight excluding hydrogens is 681 g/mol. The Kier molecular flexibility index (Phi) is 14.5. The summed E-state index contributed by atoms with van der Waals surface area (Å²) in [6.45, 7) is 12.5. The van der Waals surface area contributed by atoms with Gasteiger partial charge in [0.25, 0.3) is 0 Å². The lowest BCUT2D eigenvalue weighted by Gasteiger charge is -2.37. The molecule has 2 aromatic carbocycles. The van der Waals surface area contributed by atoms with Crippen molar-refractivity contribution in [2.24, 2.45) is 5.73 Å². The van der Waals surface area contributed by atoms with Crippen molar-refractivity contribution in [2.45, 2.75) is 85.0 Å². The van der Waals surface area contributed by atoms with Gasteiger partial charge in [-0.05, 0) is 82.3 Å². The van der Waals surface area contributed by atoms with E-state index < -0.39 is 30.3 Å².